The van der Waals surface area contributed by atoms with Gasteiger partial charge >= 0.3 is 0 Å². The maximum absolute atomic E-state index is 3.67. The van der Waals surface area contributed by atoms with E-state index in [-0.39, 0.29) is 0 Å². The summed E-state index contributed by atoms with van der Waals surface area (Å²) in [5.74, 6) is 0.634. The number of rotatable bonds is 4. The van der Waals surface area contributed by atoms with Crippen LogP contribution in [0.1, 0.15) is 62.6 Å². The molecule has 0 amide bonds. The largest absolute Gasteiger partial charge is 0.314 e. The molecule has 0 bridgehead atoms. The van der Waals surface area contributed by atoms with Crippen LogP contribution in [0.2, 0.25) is 0 Å². The summed E-state index contributed by atoms with van der Waals surface area (Å²) in [7, 11) is 0. The quantitative estimate of drug-likeness (QED) is 0.843. The molecule has 100 valence electrons. The Morgan fingerprint density at radius 2 is 2.11 bits per heavy atom. The van der Waals surface area contributed by atoms with Gasteiger partial charge in [-0.25, -0.2) is 0 Å². The molecule has 1 heterocycles. The van der Waals surface area contributed by atoms with Gasteiger partial charge < -0.3 is 5.32 Å². The average Bonchev–Trinajstić information content (AvgIpc) is 2.39. The van der Waals surface area contributed by atoms with Crippen LogP contribution < -0.4 is 5.32 Å². The number of hydrogen-bond acceptors (Lipinski definition) is 1. The van der Waals surface area contributed by atoms with Crippen molar-refractivity contribution in [2.45, 2.75) is 64.8 Å². The Bertz CT molecular complexity index is 375. The zero-order chi connectivity index (χ0) is 13.0. The minimum Gasteiger partial charge on any atom is -0.314 e. The van der Waals surface area contributed by atoms with Gasteiger partial charge in [-0.2, -0.15) is 0 Å². The summed E-state index contributed by atoms with van der Waals surface area (Å²) >= 11 is 0. The van der Waals surface area contributed by atoms with E-state index in [1.54, 1.807) is 11.1 Å². The molecular weight excluding hydrogens is 218 g/mol. The topological polar surface area (TPSA) is 12.0 Å². The van der Waals surface area contributed by atoms with Crippen LogP contribution >= 0.6 is 0 Å². The molecule has 1 aromatic rings. The van der Waals surface area contributed by atoms with Crippen molar-refractivity contribution in [1.82, 2.24) is 5.32 Å². The van der Waals surface area contributed by atoms with E-state index in [2.05, 4.69) is 44.3 Å². The fraction of sp³-hybridized carbons (Fsp3) is 0.647. The van der Waals surface area contributed by atoms with E-state index in [0.717, 1.165) is 6.42 Å². The first-order valence-corrected chi connectivity index (χ1v) is 7.55. The molecule has 1 heteroatoms. The summed E-state index contributed by atoms with van der Waals surface area (Å²) in [5, 5.41) is 3.67. The van der Waals surface area contributed by atoms with Gasteiger partial charge in [0, 0.05) is 6.04 Å². The number of piperidine rings is 1. The molecule has 1 aromatic carbocycles. The third-order valence-electron chi connectivity index (χ3n) is 4.12. The van der Waals surface area contributed by atoms with Gasteiger partial charge in [0.2, 0.25) is 0 Å². The fourth-order valence-electron chi connectivity index (χ4n) is 2.98. The highest BCUT2D eigenvalue weighted by molar-refractivity contribution is 5.35. The van der Waals surface area contributed by atoms with Gasteiger partial charge in [0.1, 0.15) is 0 Å². The summed E-state index contributed by atoms with van der Waals surface area (Å²) < 4.78 is 0. The second kappa shape index (κ2) is 6.38. The molecule has 1 unspecified atom stereocenters. The molecule has 0 spiro atoms. The summed E-state index contributed by atoms with van der Waals surface area (Å²) in [6.07, 6.45) is 6.43. The normalized spacial score (nSPS) is 20.3. The third kappa shape index (κ3) is 3.35. The smallest absolute Gasteiger partial charge is 0.0108 e. The van der Waals surface area contributed by atoms with Gasteiger partial charge in [-0.15, -0.1) is 0 Å². The summed E-state index contributed by atoms with van der Waals surface area (Å²) in [4.78, 5) is 0. The Morgan fingerprint density at radius 1 is 1.28 bits per heavy atom. The molecule has 0 radical (unpaired) electrons. The standard InChI is InChI=1S/C17H27N/c1-4-14-8-9-17(13(2)3)15(11-14)12-16-7-5-6-10-18-16/h8-9,11,13,16,18H,4-7,10,12H2,1-3H3. The van der Waals surface area contributed by atoms with Gasteiger partial charge in [-0.05, 0) is 54.8 Å². The van der Waals surface area contributed by atoms with Crippen molar-refractivity contribution in [2.24, 2.45) is 0 Å². The first-order valence-electron chi connectivity index (χ1n) is 7.55. The van der Waals surface area contributed by atoms with Gasteiger partial charge in [0.25, 0.3) is 0 Å². The number of benzene rings is 1. The van der Waals surface area contributed by atoms with Crippen LogP contribution in [-0.2, 0) is 12.8 Å². The van der Waals surface area contributed by atoms with Crippen molar-refractivity contribution in [3.05, 3.63) is 34.9 Å². The van der Waals surface area contributed by atoms with Crippen molar-refractivity contribution in [2.75, 3.05) is 6.54 Å². The van der Waals surface area contributed by atoms with Crippen molar-refractivity contribution >= 4 is 0 Å². The Kier molecular flexibility index (Phi) is 4.82. The molecule has 1 aliphatic heterocycles. The van der Waals surface area contributed by atoms with Crippen molar-refractivity contribution in [3.8, 4) is 0 Å². The number of hydrogen-bond donors (Lipinski definition) is 1. The SMILES string of the molecule is CCc1ccc(C(C)C)c(CC2CCCCN2)c1. The molecule has 0 aromatic heterocycles. The van der Waals surface area contributed by atoms with E-state index >= 15 is 0 Å². The highest BCUT2D eigenvalue weighted by Gasteiger charge is 2.16. The summed E-state index contributed by atoms with van der Waals surface area (Å²) in [6, 6.07) is 7.78. The second-order valence-corrected chi connectivity index (χ2v) is 5.89. The van der Waals surface area contributed by atoms with E-state index in [1.165, 1.54) is 37.8 Å². The van der Waals surface area contributed by atoms with Crippen LogP contribution in [0.15, 0.2) is 18.2 Å². The van der Waals surface area contributed by atoms with Crippen LogP contribution in [0, 0.1) is 0 Å². The fourth-order valence-corrected chi connectivity index (χ4v) is 2.98. The van der Waals surface area contributed by atoms with Gasteiger partial charge in [0.05, 0.1) is 0 Å². The molecule has 2 rings (SSSR count). The summed E-state index contributed by atoms with van der Waals surface area (Å²) in [5.41, 5.74) is 4.59. The zero-order valence-electron chi connectivity index (χ0n) is 12.1. The Balaban J connectivity index is 2.17. The molecule has 1 N–H and O–H groups in total. The monoisotopic (exact) mass is 245 g/mol. The van der Waals surface area contributed by atoms with E-state index < -0.39 is 0 Å². The van der Waals surface area contributed by atoms with Gasteiger partial charge in [-0.1, -0.05) is 45.4 Å². The predicted octanol–water partition coefficient (Wildman–Crippen LogP) is 4.06. The molecule has 1 nitrogen and oxygen atoms in total. The third-order valence-corrected chi connectivity index (χ3v) is 4.12. The van der Waals surface area contributed by atoms with Crippen molar-refractivity contribution < 1.29 is 0 Å². The van der Waals surface area contributed by atoms with E-state index in [9.17, 15) is 0 Å². The maximum atomic E-state index is 3.67. The van der Waals surface area contributed by atoms with E-state index in [4.69, 9.17) is 0 Å². The minimum atomic E-state index is 0.634. The lowest BCUT2D eigenvalue weighted by atomic mass is 9.89. The van der Waals surface area contributed by atoms with E-state index in [1.807, 2.05) is 0 Å². The molecule has 1 saturated heterocycles. The molecule has 18 heavy (non-hydrogen) atoms. The summed E-state index contributed by atoms with van der Waals surface area (Å²) in [6.45, 7) is 8.06. The molecule has 0 aliphatic carbocycles. The lowest BCUT2D eigenvalue weighted by Crippen LogP contribution is -2.35. The first kappa shape index (κ1) is 13.6. The number of nitrogens with one attached hydrogen (secondary N) is 1. The average molecular weight is 245 g/mol. The lowest BCUT2D eigenvalue weighted by Gasteiger charge is -2.25. The molecule has 1 aliphatic rings. The van der Waals surface area contributed by atoms with Crippen molar-refractivity contribution in [3.63, 3.8) is 0 Å². The van der Waals surface area contributed by atoms with Crippen LogP contribution in [0.5, 0.6) is 0 Å². The minimum absolute atomic E-state index is 0.634. The maximum Gasteiger partial charge on any atom is 0.0108 e. The van der Waals surface area contributed by atoms with Crippen LogP contribution in [0.25, 0.3) is 0 Å². The van der Waals surface area contributed by atoms with Crippen molar-refractivity contribution in [1.29, 1.82) is 0 Å². The zero-order valence-corrected chi connectivity index (χ0v) is 12.1. The highest BCUT2D eigenvalue weighted by atomic mass is 14.9. The van der Waals surface area contributed by atoms with Crippen LogP contribution in [0.3, 0.4) is 0 Å². The molecule has 1 fully saturated rings. The molecule has 1 atom stereocenters. The van der Waals surface area contributed by atoms with Gasteiger partial charge in [0.15, 0.2) is 0 Å². The Hall–Kier alpha value is -0.820. The first-order chi connectivity index (χ1) is 8.70. The van der Waals surface area contributed by atoms with E-state index in [0.29, 0.717) is 12.0 Å². The van der Waals surface area contributed by atoms with Crippen LogP contribution in [-0.4, -0.2) is 12.6 Å². The molecular formula is C17H27N. The predicted molar refractivity (Wildman–Crippen MR) is 79.3 cm³/mol. The second-order valence-electron chi connectivity index (χ2n) is 5.89. The Labute approximate surface area is 112 Å². The Morgan fingerprint density at radius 3 is 2.72 bits per heavy atom. The van der Waals surface area contributed by atoms with Gasteiger partial charge in [-0.3, -0.25) is 0 Å². The lowest BCUT2D eigenvalue weighted by molar-refractivity contribution is 0.398. The number of aryl methyl sites for hydroxylation is 1. The highest BCUT2D eigenvalue weighted by Crippen LogP contribution is 2.24. The van der Waals surface area contributed by atoms with Crippen LogP contribution in [0.4, 0.5) is 0 Å². The molecule has 0 saturated carbocycles.